The van der Waals surface area contributed by atoms with Crippen LogP contribution in [0, 0.1) is 11.3 Å². The number of hydrogen-bond acceptors (Lipinski definition) is 5. The first-order valence-corrected chi connectivity index (χ1v) is 8.23. The normalized spacial score (nSPS) is 12.3. The van der Waals surface area contributed by atoms with Crippen molar-refractivity contribution in [2.24, 2.45) is 0 Å². The highest BCUT2D eigenvalue weighted by Crippen LogP contribution is 2.28. The summed E-state index contributed by atoms with van der Waals surface area (Å²) < 4.78 is 0. The van der Waals surface area contributed by atoms with Gasteiger partial charge in [-0.15, -0.1) is 0 Å². The number of anilines is 3. The summed E-state index contributed by atoms with van der Waals surface area (Å²) in [6.07, 6.45) is 2.23. The molecule has 1 aliphatic heterocycles. The second kappa shape index (κ2) is 6.65. The van der Waals surface area contributed by atoms with Gasteiger partial charge in [0.2, 0.25) is 0 Å². The van der Waals surface area contributed by atoms with Crippen LogP contribution >= 0.6 is 0 Å². The molecule has 0 saturated carbocycles. The van der Waals surface area contributed by atoms with E-state index in [0.29, 0.717) is 23.6 Å². The number of fused-ring (bicyclic) bond motifs is 1. The molecule has 0 radical (unpaired) electrons. The van der Waals surface area contributed by atoms with Crippen LogP contribution in [0.3, 0.4) is 0 Å². The fourth-order valence-corrected chi connectivity index (χ4v) is 3.01. The Labute approximate surface area is 150 Å². The lowest BCUT2D eigenvalue weighted by molar-refractivity contribution is 0.0984. The van der Waals surface area contributed by atoms with Crippen molar-refractivity contribution in [1.82, 2.24) is 9.97 Å². The third-order valence-corrected chi connectivity index (χ3v) is 4.30. The summed E-state index contributed by atoms with van der Waals surface area (Å²) in [5.41, 5.74) is 3.82. The molecule has 0 atom stereocenters. The highest BCUT2D eigenvalue weighted by Gasteiger charge is 2.26. The molecule has 0 unspecified atom stereocenters. The minimum Gasteiger partial charge on any atom is -0.340 e. The summed E-state index contributed by atoms with van der Waals surface area (Å²) in [5, 5.41) is 12.0. The van der Waals surface area contributed by atoms with E-state index < -0.39 is 0 Å². The summed E-state index contributed by atoms with van der Waals surface area (Å²) in [6, 6.07) is 18.7. The maximum absolute atomic E-state index is 12.9. The summed E-state index contributed by atoms with van der Waals surface area (Å²) in [7, 11) is 0. The monoisotopic (exact) mass is 341 g/mol. The summed E-state index contributed by atoms with van der Waals surface area (Å²) in [4.78, 5) is 22.9. The molecule has 1 aliphatic rings. The fraction of sp³-hybridized carbons (Fsp3) is 0.100. The lowest BCUT2D eigenvalue weighted by atomic mass is 10.2. The van der Waals surface area contributed by atoms with Crippen LogP contribution < -0.4 is 10.2 Å². The van der Waals surface area contributed by atoms with Gasteiger partial charge in [-0.1, -0.05) is 18.2 Å². The number of aromatic nitrogens is 2. The van der Waals surface area contributed by atoms with Crippen LogP contribution in [0.2, 0.25) is 0 Å². The van der Waals surface area contributed by atoms with Gasteiger partial charge >= 0.3 is 0 Å². The van der Waals surface area contributed by atoms with Crippen molar-refractivity contribution in [2.75, 3.05) is 16.8 Å². The zero-order valence-electron chi connectivity index (χ0n) is 13.9. The number of hydrogen-bond donors (Lipinski definition) is 1. The SMILES string of the molecule is N#Cc1ccc(Nc2cc(C(=O)N3CCc4ccccc43)ncn2)cc1. The molecule has 6 nitrogen and oxygen atoms in total. The van der Waals surface area contributed by atoms with Gasteiger partial charge in [0.1, 0.15) is 17.8 Å². The van der Waals surface area contributed by atoms with Gasteiger partial charge < -0.3 is 10.2 Å². The first kappa shape index (κ1) is 15.8. The Morgan fingerprint density at radius 2 is 1.92 bits per heavy atom. The molecular formula is C20H15N5O. The predicted octanol–water partition coefficient (Wildman–Crippen LogP) is 3.29. The predicted molar refractivity (Wildman–Crippen MR) is 98.3 cm³/mol. The van der Waals surface area contributed by atoms with E-state index in [1.807, 2.05) is 24.3 Å². The highest BCUT2D eigenvalue weighted by molar-refractivity contribution is 6.06. The van der Waals surface area contributed by atoms with Crippen LogP contribution in [0.5, 0.6) is 0 Å². The second-order valence-electron chi connectivity index (χ2n) is 5.94. The quantitative estimate of drug-likeness (QED) is 0.790. The average Bonchev–Trinajstić information content (AvgIpc) is 3.12. The van der Waals surface area contributed by atoms with E-state index in [-0.39, 0.29) is 5.91 Å². The van der Waals surface area contributed by atoms with Crippen LogP contribution in [0.15, 0.2) is 60.9 Å². The first-order chi connectivity index (χ1) is 12.7. The molecule has 3 aromatic rings. The first-order valence-electron chi connectivity index (χ1n) is 8.23. The Kier molecular flexibility index (Phi) is 4.04. The Hall–Kier alpha value is -3.72. The van der Waals surface area contributed by atoms with E-state index in [0.717, 1.165) is 17.8 Å². The van der Waals surface area contributed by atoms with Crippen LogP contribution in [-0.2, 0) is 6.42 Å². The fourth-order valence-electron chi connectivity index (χ4n) is 3.01. The Bertz CT molecular complexity index is 1010. The Morgan fingerprint density at radius 3 is 2.73 bits per heavy atom. The molecule has 0 bridgehead atoms. The van der Waals surface area contributed by atoms with Crippen LogP contribution in [0.1, 0.15) is 21.6 Å². The number of benzene rings is 2. The number of nitrogens with one attached hydrogen (secondary N) is 1. The van der Waals surface area contributed by atoms with Crippen molar-refractivity contribution in [3.8, 4) is 6.07 Å². The van der Waals surface area contributed by atoms with E-state index in [1.165, 1.54) is 11.9 Å². The zero-order chi connectivity index (χ0) is 17.9. The van der Waals surface area contributed by atoms with Gasteiger partial charge in [0.25, 0.3) is 5.91 Å². The molecule has 0 saturated heterocycles. The molecule has 126 valence electrons. The minimum absolute atomic E-state index is 0.139. The van der Waals surface area contributed by atoms with Crippen molar-refractivity contribution >= 4 is 23.1 Å². The molecule has 1 amide bonds. The number of nitriles is 1. The van der Waals surface area contributed by atoms with Crippen molar-refractivity contribution in [3.05, 3.63) is 77.7 Å². The highest BCUT2D eigenvalue weighted by atomic mass is 16.2. The average molecular weight is 341 g/mol. The summed E-state index contributed by atoms with van der Waals surface area (Å²) in [6.45, 7) is 0.653. The zero-order valence-corrected chi connectivity index (χ0v) is 13.9. The van der Waals surface area contributed by atoms with E-state index in [9.17, 15) is 4.79 Å². The molecule has 0 spiro atoms. The number of para-hydroxylation sites is 1. The second-order valence-corrected chi connectivity index (χ2v) is 5.94. The maximum atomic E-state index is 12.9. The van der Waals surface area contributed by atoms with Crippen molar-refractivity contribution in [1.29, 1.82) is 5.26 Å². The van der Waals surface area contributed by atoms with Crippen molar-refractivity contribution in [2.45, 2.75) is 6.42 Å². The Morgan fingerprint density at radius 1 is 1.12 bits per heavy atom. The van der Waals surface area contributed by atoms with Gasteiger partial charge in [-0.3, -0.25) is 4.79 Å². The van der Waals surface area contributed by atoms with Crippen LogP contribution in [-0.4, -0.2) is 22.4 Å². The van der Waals surface area contributed by atoms with Gasteiger partial charge in [0, 0.05) is 24.0 Å². The molecule has 6 heteroatoms. The van der Waals surface area contributed by atoms with Gasteiger partial charge in [-0.05, 0) is 42.3 Å². The van der Waals surface area contributed by atoms with Gasteiger partial charge in [0.15, 0.2) is 0 Å². The lowest BCUT2D eigenvalue weighted by Gasteiger charge is -2.17. The molecule has 1 N–H and O–H groups in total. The van der Waals surface area contributed by atoms with Crippen LogP contribution in [0.4, 0.5) is 17.2 Å². The number of rotatable bonds is 3. The topological polar surface area (TPSA) is 81.9 Å². The molecule has 4 rings (SSSR count). The lowest BCUT2D eigenvalue weighted by Crippen LogP contribution is -2.29. The van der Waals surface area contributed by atoms with E-state index in [1.54, 1.807) is 35.2 Å². The van der Waals surface area contributed by atoms with Crippen molar-refractivity contribution in [3.63, 3.8) is 0 Å². The molecule has 26 heavy (non-hydrogen) atoms. The van der Waals surface area contributed by atoms with E-state index >= 15 is 0 Å². The third-order valence-electron chi connectivity index (χ3n) is 4.30. The minimum atomic E-state index is -0.139. The summed E-state index contributed by atoms with van der Waals surface area (Å²) in [5.74, 6) is 0.390. The van der Waals surface area contributed by atoms with E-state index in [2.05, 4.69) is 21.4 Å². The molecule has 0 aliphatic carbocycles. The molecule has 2 aromatic carbocycles. The van der Waals surface area contributed by atoms with Crippen molar-refractivity contribution < 1.29 is 4.79 Å². The third kappa shape index (κ3) is 2.98. The molecular weight excluding hydrogens is 326 g/mol. The molecule has 0 fully saturated rings. The standard InChI is InChI=1S/C20H15N5O/c21-12-14-5-7-16(8-6-14)24-19-11-17(22-13-23-19)20(26)25-10-9-15-3-1-2-4-18(15)25/h1-8,11,13H,9-10H2,(H,22,23,24). The number of carbonyl (C=O) groups is 1. The van der Waals surface area contributed by atoms with Crippen LogP contribution in [0.25, 0.3) is 0 Å². The Balaban J connectivity index is 1.56. The molecule has 1 aromatic heterocycles. The van der Waals surface area contributed by atoms with Gasteiger partial charge in [-0.2, -0.15) is 5.26 Å². The van der Waals surface area contributed by atoms with Gasteiger partial charge in [0.05, 0.1) is 11.6 Å². The largest absolute Gasteiger partial charge is 0.340 e. The number of nitrogens with zero attached hydrogens (tertiary/aromatic N) is 4. The number of carbonyl (C=O) groups excluding carboxylic acids is 1. The smallest absolute Gasteiger partial charge is 0.277 e. The summed E-state index contributed by atoms with van der Waals surface area (Å²) >= 11 is 0. The molecule has 2 heterocycles. The van der Waals surface area contributed by atoms with Gasteiger partial charge in [-0.25, -0.2) is 9.97 Å². The maximum Gasteiger partial charge on any atom is 0.277 e. The number of amides is 1. The van der Waals surface area contributed by atoms with E-state index in [4.69, 9.17) is 5.26 Å².